The van der Waals surface area contributed by atoms with E-state index in [2.05, 4.69) is 20.3 Å². The molecular formula is C16H14ClF4N5O. The number of aromatic nitrogens is 3. The van der Waals surface area contributed by atoms with E-state index in [1.54, 1.807) is 0 Å². The summed E-state index contributed by atoms with van der Waals surface area (Å²) in [7, 11) is 1.49. The Morgan fingerprint density at radius 2 is 1.96 bits per heavy atom. The summed E-state index contributed by atoms with van der Waals surface area (Å²) in [5, 5.41) is 2.83. The molecule has 0 spiro atoms. The summed E-state index contributed by atoms with van der Waals surface area (Å²) < 4.78 is 51.1. The molecule has 2 atom stereocenters. The van der Waals surface area contributed by atoms with Crippen LogP contribution in [0, 0.1) is 0 Å². The zero-order valence-corrected chi connectivity index (χ0v) is 14.7. The molecule has 0 saturated carbocycles. The molecule has 0 bridgehead atoms. The van der Waals surface area contributed by atoms with Crippen molar-refractivity contribution in [1.82, 2.24) is 20.3 Å². The van der Waals surface area contributed by atoms with E-state index < -0.39 is 24.2 Å². The van der Waals surface area contributed by atoms with Crippen molar-refractivity contribution >= 4 is 23.2 Å². The highest BCUT2D eigenvalue weighted by Crippen LogP contribution is 2.29. The molecule has 3 heterocycles. The maximum atomic E-state index is 13.3. The van der Waals surface area contributed by atoms with E-state index in [9.17, 15) is 22.4 Å². The van der Waals surface area contributed by atoms with Crippen LogP contribution < -0.4 is 10.2 Å². The van der Waals surface area contributed by atoms with Crippen LogP contribution in [0.4, 0.5) is 23.2 Å². The quantitative estimate of drug-likeness (QED) is 0.630. The van der Waals surface area contributed by atoms with Crippen molar-refractivity contribution in [3.05, 3.63) is 35.5 Å². The Balaban J connectivity index is 1.87. The van der Waals surface area contributed by atoms with Gasteiger partial charge in [-0.2, -0.15) is 13.2 Å². The number of alkyl halides is 4. The Morgan fingerprint density at radius 1 is 1.30 bits per heavy atom. The highest BCUT2D eigenvalue weighted by molar-refractivity contribution is 6.29. The van der Waals surface area contributed by atoms with E-state index in [1.807, 2.05) is 0 Å². The molecule has 1 N–H and O–H groups in total. The SMILES string of the molecule is CN(C(=O)[C@@H]1C[C@@H](F)CN1)c1cc(Cl)nc(-c2cnc(C(F)(F)F)nc2)c1. The molecule has 0 aliphatic carbocycles. The predicted molar refractivity (Wildman–Crippen MR) is 90.0 cm³/mol. The number of carbonyl (C=O) groups is 1. The fourth-order valence-electron chi connectivity index (χ4n) is 2.67. The van der Waals surface area contributed by atoms with Crippen LogP contribution in [-0.4, -0.2) is 46.7 Å². The molecule has 1 aliphatic rings. The van der Waals surface area contributed by atoms with Gasteiger partial charge in [-0.15, -0.1) is 0 Å². The predicted octanol–water partition coefficient (Wildman–Crippen LogP) is 2.87. The maximum Gasteiger partial charge on any atom is 0.451 e. The van der Waals surface area contributed by atoms with Crippen LogP contribution in [0.15, 0.2) is 24.5 Å². The van der Waals surface area contributed by atoms with Gasteiger partial charge in [-0.3, -0.25) is 4.79 Å². The number of halogens is 5. The molecule has 0 unspecified atom stereocenters. The molecular weight excluding hydrogens is 390 g/mol. The first-order chi connectivity index (χ1) is 12.6. The third-order valence-corrected chi connectivity index (χ3v) is 4.27. The van der Waals surface area contributed by atoms with Crippen molar-refractivity contribution < 1.29 is 22.4 Å². The van der Waals surface area contributed by atoms with Gasteiger partial charge in [-0.25, -0.2) is 19.3 Å². The summed E-state index contributed by atoms with van der Waals surface area (Å²) in [6.45, 7) is 0.107. The molecule has 0 aromatic carbocycles. The van der Waals surface area contributed by atoms with Crippen molar-refractivity contribution in [1.29, 1.82) is 0 Å². The first kappa shape index (κ1) is 19.4. The first-order valence-corrected chi connectivity index (χ1v) is 8.25. The van der Waals surface area contributed by atoms with Crippen LogP contribution in [0.25, 0.3) is 11.3 Å². The van der Waals surface area contributed by atoms with Gasteiger partial charge in [0.2, 0.25) is 11.7 Å². The largest absolute Gasteiger partial charge is 0.451 e. The van der Waals surface area contributed by atoms with Gasteiger partial charge in [-0.1, -0.05) is 11.6 Å². The number of carbonyl (C=O) groups excluding carboxylic acids is 1. The van der Waals surface area contributed by atoms with E-state index in [0.717, 1.165) is 12.4 Å². The van der Waals surface area contributed by atoms with Crippen molar-refractivity contribution in [3.8, 4) is 11.3 Å². The Kier molecular flexibility index (Phi) is 5.29. The van der Waals surface area contributed by atoms with Gasteiger partial charge in [0.1, 0.15) is 11.3 Å². The van der Waals surface area contributed by atoms with Gasteiger partial charge in [-0.05, 0) is 12.1 Å². The Bertz CT molecular complexity index is 846. The molecule has 6 nitrogen and oxygen atoms in total. The number of rotatable bonds is 3. The molecule has 144 valence electrons. The summed E-state index contributed by atoms with van der Waals surface area (Å²) in [6, 6.07) is 2.24. The van der Waals surface area contributed by atoms with E-state index >= 15 is 0 Å². The zero-order valence-electron chi connectivity index (χ0n) is 14.0. The van der Waals surface area contributed by atoms with Gasteiger partial charge in [0.05, 0.1) is 11.7 Å². The number of nitrogens with zero attached hydrogens (tertiary/aromatic N) is 4. The summed E-state index contributed by atoms with van der Waals surface area (Å²) in [5.74, 6) is -1.62. The monoisotopic (exact) mass is 403 g/mol. The van der Waals surface area contributed by atoms with Crippen molar-refractivity contribution in [2.75, 3.05) is 18.5 Å². The number of nitrogens with one attached hydrogen (secondary N) is 1. The highest BCUT2D eigenvalue weighted by Gasteiger charge is 2.34. The lowest BCUT2D eigenvalue weighted by molar-refractivity contribution is -0.145. The first-order valence-electron chi connectivity index (χ1n) is 7.87. The summed E-state index contributed by atoms with van der Waals surface area (Å²) in [4.78, 5) is 24.4. The van der Waals surface area contributed by atoms with E-state index in [0.29, 0.717) is 5.69 Å². The third-order valence-electron chi connectivity index (χ3n) is 4.07. The van der Waals surface area contributed by atoms with Crippen molar-refractivity contribution in [2.45, 2.75) is 24.8 Å². The molecule has 11 heteroatoms. The number of hydrogen-bond donors (Lipinski definition) is 1. The summed E-state index contributed by atoms with van der Waals surface area (Å²) >= 11 is 5.99. The number of anilines is 1. The molecule has 1 fully saturated rings. The van der Waals surface area contributed by atoms with Crippen LogP contribution in [0.1, 0.15) is 12.2 Å². The molecule has 2 aromatic heterocycles. The normalized spacial score (nSPS) is 19.9. The minimum Gasteiger partial charge on any atom is -0.314 e. The van der Waals surface area contributed by atoms with Gasteiger partial charge < -0.3 is 10.2 Å². The fraction of sp³-hybridized carbons (Fsp3) is 0.375. The number of pyridine rings is 1. The van der Waals surface area contributed by atoms with E-state index in [1.165, 1.54) is 24.1 Å². The Morgan fingerprint density at radius 3 is 2.52 bits per heavy atom. The smallest absolute Gasteiger partial charge is 0.314 e. The topological polar surface area (TPSA) is 71.0 Å². The average molecular weight is 404 g/mol. The third kappa shape index (κ3) is 4.33. The standard InChI is InChI=1S/C16H14ClF4N5O/c1-26(14(27)12-2-9(18)7-22-12)10-3-11(25-13(17)4-10)8-5-23-15(24-6-8)16(19,20)21/h3-6,9,12,22H,2,7H2,1H3/t9-,12+/m1/s1. The molecule has 27 heavy (non-hydrogen) atoms. The molecule has 0 radical (unpaired) electrons. The van der Waals surface area contributed by atoms with Crippen LogP contribution in [-0.2, 0) is 11.0 Å². The van der Waals surface area contributed by atoms with Crippen molar-refractivity contribution in [2.24, 2.45) is 0 Å². The Labute approximate surface area is 156 Å². The summed E-state index contributed by atoms with van der Waals surface area (Å²) in [5.41, 5.74) is 0.767. The molecule has 3 rings (SSSR count). The van der Waals surface area contributed by atoms with Gasteiger partial charge in [0.15, 0.2) is 0 Å². The second kappa shape index (κ2) is 7.35. The van der Waals surface area contributed by atoms with Crippen LogP contribution in [0.3, 0.4) is 0 Å². The van der Waals surface area contributed by atoms with Gasteiger partial charge >= 0.3 is 6.18 Å². The number of amides is 1. The van der Waals surface area contributed by atoms with E-state index in [4.69, 9.17) is 11.6 Å². The lowest BCUT2D eigenvalue weighted by Crippen LogP contribution is -2.41. The number of likely N-dealkylation sites (N-methyl/N-ethyl adjacent to an activating group) is 1. The lowest BCUT2D eigenvalue weighted by Gasteiger charge is -2.22. The fourth-order valence-corrected chi connectivity index (χ4v) is 2.88. The average Bonchev–Trinajstić information content (AvgIpc) is 3.05. The highest BCUT2D eigenvalue weighted by atomic mass is 35.5. The van der Waals surface area contributed by atoms with E-state index in [-0.39, 0.29) is 35.3 Å². The zero-order chi connectivity index (χ0) is 19.8. The minimum atomic E-state index is -4.65. The summed E-state index contributed by atoms with van der Waals surface area (Å²) in [6.07, 6.45) is -3.71. The molecule has 1 amide bonds. The second-order valence-electron chi connectivity index (χ2n) is 6.02. The van der Waals surface area contributed by atoms with Crippen LogP contribution in [0.5, 0.6) is 0 Å². The molecule has 1 saturated heterocycles. The van der Waals surface area contributed by atoms with Crippen LogP contribution in [0.2, 0.25) is 5.15 Å². The van der Waals surface area contributed by atoms with Gasteiger partial charge in [0, 0.05) is 43.7 Å². The van der Waals surface area contributed by atoms with Gasteiger partial charge in [0.25, 0.3) is 0 Å². The molecule has 1 aliphatic heterocycles. The minimum absolute atomic E-state index is 0.0322. The lowest BCUT2D eigenvalue weighted by atomic mass is 10.1. The van der Waals surface area contributed by atoms with Crippen LogP contribution >= 0.6 is 11.6 Å². The number of hydrogen-bond acceptors (Lipinski definition) is 5. The molecule has 2 aromatic rings. The Hall–Kier alpha value is -2.33. The van der Waals surface area contributed by atoms with Crippen molar-refractivity contribution in [3.63, 3.8) is 0 Å². The maximum absolute atomic E-state index is 13.3. The second-order valence-corrected chi connectivity index (χ2v) is 6.40.